The first-order valence-electron chi connectivity index (χ1n) is 19.2. The van der Waals surface area contributed by atoms with Crippen LogP contribution in [0.3, 0.4) is 0 Å². The molecule has 0 spiro atoms. The van der Waals surface area contributed by atoms with Crippen molar-refractivity contribution in [3.63, 3.8) is 0 Å². The lowest BCUT2D eigenvalue weighted by Gasteiger charge is -2.30. The molecule has 6 rings (SSSR count). The largest absolute Gasteiger partial charge is 0.417 e. The van der Waals surface area contributed by atoms with Gasteiger partial charge in [-0.15, -0.1) is 0 Å². The maximum atomic E-state index is 14.4. The number of ether oxygens (including phenoxy) is 4. The summed E-state index contributed by atoms with van der Waals surface area (Å²) in [5, 5.41) is 13.9. The van der Waals surface area contributed by atoms with Crippen molar-refractivity contribution in [3.05, 3.63) is 17.8 Å². The molecule has 2 aromatic rings. The maximum Gasteiger partial charge on any atom is 0.417 e. The fourth-order valence-corrected chi connectivity index (χ4v) is 8.21. The van der Waals surface area contributed by atoms with E-state index in [1.807, 2.05) is 21.6 Å². The zero-order valence-corrected chi connectivity index (χ0v) is 32.6. The number of nitrogens with one attached hydrogen (secondary N) is 5. The topological polar surface area (TPSA) is 223 Å². The molecule has 5 N–H and O–H groups in total. The first kappa shape index (κ1) is 43.0. The molecule has 0 unspecified atom stereocenters. The third kappa shape index (κ3) is 12.5. The lowest BCUT2D eigenvalue weighted by Crippen LogP contribution is -2.40. The number of hydrogen-bond donors (Lipinski definition) is 5. The van der Waals surface area contributed by atoms with Gasteiger partial charge in [0, 0.05) is 62.9 Å². The zero-order chi connectivity index (χ0) is 40.9. The van der Waals surface area contributed by atoms with Crippen molar-refractivity contribution in [2.45, 2.75) is 49.2 Å². The minimum absolute atomic E-state index is 0.0307. The second-order valence-corrected chi connectivity index (χ2v) is 15.1. The van der Waals surface area contributed by atoms with Crippen LogP contribution in [0.4, 0.5) is 35.7 Å². The Morgan fingerprint density at radius 1 is 0.862 bits per heavy atom. The summed E-state index contributed by atoms with van der Waals surface area (Å²) in [4.78, 5) is 69.3. The van der Waals surface area contributed by atoms with Gasteiger partial charge in [0.2, 0.25) is 23.7 Å². The Morgan fingerprint density at radius 3 is 2.12 bits per heavy atom. The summed E-state index contributed by atoms with van der Waals surface area (Å²) in [6.45, 7) is 3.09. The van der Waals surface area contributed by atoms with Crippen molar-refractivity contribution in [2.24, 2.45) is 0 Å². The second kappa shape index (κ2) is 20.9. The molecule has 4 saturated heterocycles. The summed E-state index contributed by atoms with van der Waals surface area (Å²) in [6, 6.07) is 0.931. The number of thioether (sulfide) groups is 1. The van der Waals surface area contributed by atoms with Gasteiger partial charge in [0.05, 0.1) is 62.9 Å². The van der Waals surface area contributed by atoms with Gasteiger partial charge in [0.1, 0.15) is 19.0 Å². The summed E-state index contributed by atoms with van der Waals surface area (Å²) >= 11 is 1.84. The van der Waals surface area contributed by atoms with Gasteiger partial charge in [-0.2, -0.15) is 39.9 Å². The van der Waals surface area contributed by atoms with E-state index in [2.05, 4.69) is 46.5 Å². The van der Waals surface area contributed by atoms with Crippen LogP contribution < -0.4 is 36.4 Å². The zero-order valence-electron chi connectivity index (χ0n) is 31.8. The molecule has 4 aliphatic rings. The Labute approximate surface area is 336 Å². The number of aromatic nitrogens is 4. The number of pyridine rings is 1. The van der Waals surface area contributed by atoms with Crippen LogP contribution in [0.15, 0.2) is 12.3 Å². The van der Waals surface area contributed by atoms with E-state index in [4.69, 9.17) is 18.9 Å². The second-order valence-electron chi connectivity index (χ2n) is 13.8. The first-order valence-corrected chi connectivity index (χ1v) is 20.2. The Bertz CT molecular complexity index is 1700. The third-order valence-electron chi connectivity index (χ3n) is 9.61. The molecule has 0 aliphatic carbocycles. The molecule has 4 fully saturated rings. The maximum absolute atomic E-state index is 14.4. The van der Waals surface area contributed by atoms with Crippen LogP contribution in [0.2, 0.25) is 0 Å². The van der Waals surface area contributed by atoms with Crippen LogP contribution in [0.5, 0.6) is 0 Å². The number of rotatable bonds is 19. The van der Waals surface area contributed by atoms with E-state index < -0.39 is 30.2 Å². The highest BCUT2D eigenvalue weighted by Crippen LogP contribution is 2.38. The van der Waals surface area contributed by atoms with Crippen molar-refractivity contribution >= 4 is 53.2 Å². The number of fused-ring (bicyclic) bond motifs is 1. The molecule has 58 heavy (non-hydrogen) atoms. The fourth-order valence-electron chi connectivity index (χ4n) is 6.66. The first-order chi connectivity index (χ1) is 28.0. The van der Waals surface area contributed by atoms with Gasteiger partial charge in [-0.05, 0) is 18.9 Å². The van der Waals surface area contributed by atoms with E-state index in [-0.39, 0.29) is 86.0 Å². The summed E-state index contributed by atoms with van der Waals surface area (Å²) in [7, 11) is 0. The molecule has 6 heterocycles. The van der Waals surface area contributed by atoms with Gasteiger partial charge in [-0.1, -0.05) is 6.42 Å². The van der Waals surface area contributed by atoms with Crippen molar-refractivity contribution in [3.8, 4) is 11.4 Å². The molecule has 19 nitrogen and oxygen atoms in total. The average Bonchev–Trinajstić information content (AvgIpc) is 3.78. The average molecular weight is 840 g/mol. The molecule has 4 aliphatic heterocycles. The van der Waals surface area contributed by atoms with Crippen LogP contribution in [-0.2, 0) is 39.5 Å². The number of unbranched alkanes of at least 4 members (excludes halogenated alkanes) is 1. The molecule has 23 heteroatoms. The number of morpholine rings is 2. The number of urea groups is 1. The van der Waals surface area contributed by atoms with Crippen molar-refractivity contribution in [2.75, 3.05) is 113 Å². The van der Waals surface area contributed by atoms with Gasteiger partial charge in [0.25, 0.3) is 5.91 Å². The van der Waals surface area contributed by atoms with Gasteiger partial charge in [-0.25, -0.2) is 9.78 Å². The van der Waals surface area contributed by atoms with Gasteiger partial charge in [0.15, 0.2) is 5.82 Å². The highest BCUT2D eigenvalue weighted by atomic mass is 32.2. The highest BCUT2D eigenvalue weighted by molar-refractivity contribution is 8.00. The Hall–Kier alpha value is -4.58. The molecule has 318 valence electrons. The van der Waals surface area contributed by atoms with Crippen LogP contribution >= 0.6 is 11.8 Å². The third-order valence-corrected chi connectivity index (χ3v) is 11.1. The Balaban J connectivity index is 0.873. The number of halogens is 3. The number of carbonyl (C=O) groups is 4. The molecule has 0 radical (unpaired) electrons. The summed E-state index contributed by atoms with van der Waals surface area (Å²) in [5.41, 5.74) is -1.47. The van der Waals surface area contributed by atoms with Crippen LogP contribution in [0.1, 0.15) is 31.2 Å². The van der Waals surface area contributed by atoms with E-state index in [9.17, 15) is 32.3 Å². The molecule has 0 bridgehead atoms. The SMILES string of the molecule is O=C(CCCC[C@@H]1SC[C@@H]2NC(=O)N[C@@H]21)NCCNC(=O)COCCOCC(=O)Nc1cc(C(F)(F)F)c(-c2nc(N3CCOCC3)nc(N3CCOCC3)n2)cn1. The molecular formula is C35H48F3N11O8S. The van der Waals surface area contributed by atoms with E-state index in [0.29, 0.717) is 64.3 Å². The summed E-state index contributed by atoms with van der Waals surface area (Å²) in [6.07, 6.45) is -0.974. The van der Waals surface area contributed by atoms with E-state index in [0.717, 1.165) is 37.3 Å². The Kier molecular flexibility index (Phi) is 15.5. The van der Waals surface area contributed by atoms with Crippen molar-refractivity contribution in [1.29, 1.82) is 0 Å². The van der Waals surface area contributed by atoms with Crippen molar-refractivity contribution in [1.82, 2.24) is 41.2 Å². The van der Waals surface area contributed by atoms with E-state index >= 15 is 0 Å². The predicted octanol–water partition coefficient (Wildman–Crippen LogP) is 0.556. The molecule has 3 atom stereocenters. The number of carbonyl (C=O) groups excluding carboxylic acids is 4. The molecular weight excluding hydrogens is 792 g/mol. The van der Waals surface area contributed by atoms with Gasteiger partial charge in [-0.3, -0.25) is 14.4 Å². The summed E-state index contributed by atoms with van der Waals surface area (Å²) < 4.78 is 64.6. The van der Waals surface area contributed by atoms with Crippen LogP contribution in [0, 0.1) is 0 Å². The lowest BCUT2D eigenvalue weighted by molar-refractivity contribution is -0.137. The van der Waals surface area contributed by atoms with E-state index in [1.165, 1.54) is 0 Å². The van der Waals surface area contributed by atoms with Crippen LogP contribution in [0.25, 0.3) is 11.4 Å². The quantitative estimate of drug-likeness (QED) is 0.0964. The van der Waals surface area contributed by atoms with Crippen LogP contribution in [-0.4, -0.2) is 159 Å². The number of amides is 5. The fraction of sp³-hybridized carbons (Fsp3) is 0.657. The highest BCUT2D eigenvalue weighted by Gasteiger charge is 2.42. The monoisotopic (exact) mass is 839 g/mol. The normalized spacial score (nSPS) is 20.6. The number of anilines is 3. The molecule has 0 aromatic carbocycles. The minimum Gasteiger partial charge on any atom is -0.378 e. The minimum atomic E-state index is -4.84. The predicted molar refractivity (Wildman–Crippen MR) is 204 cm³/mol. The molecule has 0 saturated carbocycles. The van der Waals surface area contributed by atoms with Gasteiger partial charge >= 0.3 is 12.2 Å². The lowest BCUT2D eigenvalue weighted by atomic mass is 10.0. The Morgan fingerprint density at radius 2 is 1.48 bits per heavy atom. The van der Waals surface area contributed by atoms with Crippen molar-refractivity contribution < 1.29 is 51.3 Å². The molecule has 5 amide bonds. The number of hydrogen-bond acceptors (Lipinski definition) is 15. The molecule has 2 aromatic heterocycles. The standard InChI is InChI=1S/C35H48F3N11O8S/c36-35(37,38)23-17-26(41-18-22(23)31-45-32(48-7-11-54-12-8-48)47-33(46-31)49-9-13-55-14-10-49)43-29(52)20-57-16-15-56-19-28(51)40-6-5-39-27(50)4-2-1-3-25-30-24(21-58-25)42-34(53)44-30/h17-18,24-25,30H,1-16,19-21H2,(H,39,50)(H,40,51)(H,41,43,52)(H2,42,44,53)/t24-,25-,30-/m0/s1. The van der Waals surface area contributed by atoms with Gasteiger partial charge < -0.3 is 55.3 Å². The number of nitrogens with zero attached hydrogens (tertiary/aromatic N) is 6. The van der Waals surface area contributed by atoms with E-state index in [1.54, 1.807) is 0 Å². The summed E-state index contributed by atoms with van der Waals surface area (Å²) in [5.74, 6) is -0.486. The number of alkyl halides is 3. The smallest absolute Gasteiger partial charge is 0.378 e.